The van der Waals surface area contributed by atoms with Crippen molar-refractivity contribution in [2.45, 2.75) is 32.5 Å². The first-order valence-corrected chi connectivity index (χ1v) is 5.72. The second-order valence-electron chi connectivity index (χ2n) is 5.12. The van der Waals surface area contributed by atoms with E-state index in [9.17, 15) is 9.59 Å². The topological polar surface area (TPSA) is 76.1 Å². The Morgan fingerprint density at radius 1 is 1.44 bits per heavy atom. The maximum atomic E-state index is 11.8. The molecule has 0 saturated carbocycles. The van der Waals surface area contributed by atoms with E-state index >= 15 is 0 Å². The molecule has 6 nitrogen and oxygen atoms in total. The van der Waals surface area contributed by atoms with Gasteiger partial charge in [0.05, 0.1) is 18.7 Å². The predicted molar refractivity (Wildman–Crippen MR) is 64.3 cm³/mol. The Balaban J connectivity index is 2.61. The third-order valence-corrected chi connectivity index (χ3v) is 2.38. The van der Waals surface area contributed by atoms with Crippen LogP contribution >= 0.6 is 0 Å². The third-order valence-electron chi connectivity index (χ3n) is 2.38. The molecule has 1 aliphatic heterocycles. The number of carboxylic acids is 1. The van der Waals surface area contributed by atoms with Crippen LogP contribution in [0.4, 0.5) is 4.79 Å². The number of carboxylic acid groups (broad SMARTS) is 1. The van der Waals surface area contributed by atoms with E-state index in [1.807, 2.05) is 0 Å². The molecule has 1 amide bonds. The minimum atomic E-state index is -1.12. The van der Waals surface area contributed by atoms with Gasteiger partial charge in [0.15, 0.2) is 0 Å². The number of hydrogen-bond donors (Lipinski definition) is 1. The van der Waals surface area contributed by atoms with E-state index in [2.05, 4.69) is 6.58 Å². The fourth-order valence-corrected chi connectivity index (χ4v) is 1.49. The molecule has 1 atom stereocenters. The molecule has 0 aromatic carbocycles. The summed E-state index contributed by atoms with van der Waals surface area (Å²) in [4.78, 5) is 24.1. The molecular formula is C12H19NO5. The lowest BCUT2D eigenvalue weighted by Crippen LogP contribution is -2.48. The van der Waals surface area contributed by atoms with Crippen molar-refractivity contribution >= 4 is 12.1 Å². The van der Waals surface area contributed by atoms with Crippen LogP contribution in [-0.2, 0) is 14.3 Å². The third kappa shape index (κ3) is 4.03. The number of hydrogen-bond acceptors (Lipinski definition) is 4. The SMILES string of the molecule is C=C(C(=O)O)C1CN(C(=O)OC(C)(C)C)CCO1. The molecule has 0 bridgehead atoms. The van der Waals surface area contributed by atoms with E-state index in [-0.39, 0.29) is 18.7 Å². The molecule has 0 aromatic rings. The summed E-state index contributed by atoms with van der Waals surface area (Å²) >= 11 is 0. The summed E-state index contributed by atoms with van der Waals surface area (Å²) in [5.41, 5.74) is -0.627. The van der Waals surface area contributed by atoms with Crippen molar-refractivity contribution in [1.82, 2.24) is 4.90 Å². The highest BCUT2D eigenvalue weighted by Crippen LogP contribution is 2.16. The number of morpholine rings is 1. The Morgan fingerprint density at radius 3 is 2.56 bits per heavy atom. The van der Waals surface area contributed by atoms with Crippen molar-refractivity contribution < 1.29 is 24.2 Å². The summed E-state index contributed by atoms with van der Waals surface area (Å²) < 4.78 is 10.5. The molecule has 1 saturated heterocycles. The van der Waals surface area contributed by atoms with Gasteiger partial charge < -0.3 is 19.5 Å². The van der Waals surface area contributed by atoms with E-state index in [1.165, 1.54) is 4.90 Å². The molecule has 1 N–H and O–H groups in total. The van der Waals surface area contributed by atoms with E-state index in [1.54, 1.807) is 20.8 Å². The van der Waals surface area contributed by atoms with Crippen LogP contribution in [0.2, 0.25) is 0 Å². The van der Waals surface area contributed by atoms with E-state index < -0.39 is 23.8 Å². The Morgan fingerprint density at radius 2 is 2.06 bits per heavy atom. The van der Waals surface area contributed by atoms with E-state index in [4.69, 9.17) is 14.6 Å². The first-order valence-electron chi connectivity index (χ1n) is 5.72. The number of carbonyl (C=O) groups is 2. The molecule has 6 heteroatoms. The smallest absolute Gasteiger partial charge is 0.410 e. The standard InChI is InChI=1S/C12H19NO5/c1-8(10(14)15)9-7-13(5-6-17-9)11(16)18-12(2,3)4/h9H,1,5-7H2,2-4H3,(H,14,15). The van der Waals surface area contributed by atoms with Crippen LogP contribution in [0.3, 0.4) is 0 Å². The molecule has 0 aliphatic carbocycles. The molecule has 1 heterocycles. The van der Waals surface area contributed by atoms with E-state index in [0.29, 0.717) is 6.54 Å². The summed E-state index contributed by atoms with van der Waals surface area (Å²) in [5.74, 6) is -1.12. The lowest BCUT2D eigenvalue weighted by molar-refractivity contribution is -0.135. The molecule has 0 spiro atoms. The van der Waals surface area contributed by atoms with Gasteiger partial charge in [-0.2, -0.15) is 0 Å². The first-order chi connectivity index (χ1) is 8.20. The summed E-state index contributed by atoms with van der Waals surface area (Å²) in [6.45, 7) is 9.59. The normalized spacial score (nSPS) is 20.4. The van der Waals surface area contributed by atoms with Crippen molar-refractivity contribution in [3.8, 4) is 0 Å². The van der Waals surface area contributed by atoms with Crippen LogP contribution in [0.25, 0.3) is 0 Å². The van der Waals surface area contributed by atoms with Crippen LogP contribution < -0.4 is 0 Å². The van der Waals surface area contributed by atoms with Crippen LogP contribution in [0.15, 0.2) is 12.2 Å². The number of carbonyl (C=O) groups excluding carboxylic acids is 1. The number of ether oxygens (including phenoxy) is 2. The van der Waals surface area contributed by atoms with Crippen LogP contribution in [0.1, 0.15) is 20.8 Å². The van der Waals surface area contributed by atoms with Gasteiger partial charge >= 0.3 is 12.1 Å². The van der Waals surface area contributed by atoms with Gasteiger partial charge in [-0.15, -0.1) is 0 Å². The van der Waals surface area contributed by atoms with Crippen molar-refractivity contribution in [2.75, 3.05) is 19.7 Å². The molecule has 1 aliphatic rings. The lowest BCUT2D eigenvalue weighted by atomic mass is 10.1. The van der Waals surface area contributed by atoms with Crippen LogP contribution in [0, 0.1) is 0 Å². The van der Waals surface area contributed by atoms with Gasteiger partial charge in [0.25, 0.3) is 0 Å². The average molecular weight is 257 g/mol. The molecule has 0 radical (unpaired) electrons. The zero-order valence-corrected chi connectivity index (χ0v) is 10.9. The van der Waals surface area contributed by atoms with Gasteiger partial charge in [-0.25, -0.2) is 9.59 Å². The second kappa shape index (κ2) is 5.39. The van der Waals surface area contributed by atoms with Crippen molar-refractivity contribution in [1.29, 1.82) is 0 Å². The number of amides is 1. The molecule has 1 unspecified atom stereocenters. The maximum absolute atomic E-state index is 11.8. The van der Waals surface area contributed by atoms with Gasteiger partial charge in [0.2, 0.25) is 0 Å². The quantitative estimate of drug-likeness (QED) is 0.754. The molecule has 0 aromatic heterocycles. The first kappa shape index (κ1) is 14.5. The molecule has 1 rings (SSSR count). The van der Waals surface area contributed by atoms with Gasteiger partial charge in [0.1, 0.15) is 11.7 Å². The monoisotopic (exact) mass is 257 g/mol. The average Bonchev–Trinajstić information content (AvgIpc) is 2.25. The number of aliphatic carboxylic acids is 1. The molecule has 102 valence electrons. The Hall–Kier alpha value is -1.56. The molecular weight excluding hydrogens is 238 g/mol. The largest absolute Gasteiger partial charge is 0.478 e. The maximum Gasteiger partial charge on any atom is 0.410 e. The summed E-state index contributed by atoms with van der Waals surface area (Å²) in [6.07, 6.45) is -1.14. The van der Waals surface area contributed by atoms with Crippen LogP contribution in [-0.4, -0.2) is 53.5 Å². The zero-order chi connectivity index (χ0) is 13.9. The highest BCUT2D eigenvalue weighted by atomic mass is 16.6. The predicted octanol–water partition coefficient (Wildman–Crippen LogP) is 1.26. The fourth-order valence-electron chi connectivity index (χ4n) is 1.49. The van der Waals surface area contributed by atoms with Gasteiger partial charge in [-0.1, -0.05) is 6.58 Å². The van der Waals surface area contributed by atoms with E-state index in [0.717, 1.165) is 0 Å². The highest BCUT2D eigenvalue weighted by Gasteiger charge is 2.31. The van der Waals surface area contributed by atoms with Crippen molar-refractivity contribution in [3.63, 3.8) is 0 Å². The minimum Gasteiger partial charge on any atom is -0.478 e. The highest BCUT2D eigenvalue weighted by molar-refractivity contribution is 5.87. The summed E-state index contributed by atoms with van der Waals surface area (Å²) in [5, 5.41) is 8.83. The molecule has 18 heavy (non-hydrogen) atoms. The minimum absolute atomic E-state index is 0.0525. The fraction of sp³-hybridized carbons (Fsp3) is 0.667. The van der Waals surface area contributed by atoms with Gasteiger partial charge in [-0.05, 0) is 20.8 Å². The second-order valence-corrected chi connectivity index (χ2v) is 5.12. The van der Waals surface area contributed by atoms with Crippen molar-refractivity contribution in [2.24, 2.45) is 0 Å². The zero-order valence-electron chi connectivity index (χ0n) is 10.9. The summed E-state index contributed by atoms with van der Waals surface area (Å²) in [7, 11) is 0. The Labute approximate surface area is 106 Å². The number of rotatable bonds is 2. The Bertz CT molecular complexity index is 358. The van der Waals surface area contributed by atoms with Crippen molar-refractivity contribution in [3.05, 3.63) is 12.2 Å². The number of nitrogens with zero attached hydrogens (tertiary/aromatic N) is 1. The Kier molecular flexibility index (Phi) is 4.34. The van der Waals surface area contributed by atoms with Gasteiger partial charge in [0, 0.05) is 6.54 Å². The summed E-state index contributed by atoms with van der Waals surface area (Å²) in [6, 6.07) is 0. The lowest BCUT2D eigenvalue weighted by Gasteiger charge is -2.34. The molecule has 1 fully saturated rings. The van der Waals surface area contributed by atoms with Crippen LogP contribution in [0.5, 0.6) is 0 Å². The van der Waals surface area contributed by atoms with Gasteiger partial charge in [-0.3, -0.25) is 0 Å².